The lowest BCUT2D eigenvalue weighted by atomic mass is 9.98. The van der Waals surface area contributed by atoms with Crippen LogP contribution < -0.4 is 5.32 Å². The van der Waals surface area contributed by atoms with Crippen molar-refractivity contribution in [1.29, 1.82) is 0 Å². The van der Waals surface area contributed by atoms with Crippen molar-refractivity contribution in [2.45, 2.75) is 19.1 Å². The summed E-state index contributed by atoms with van der Waals surface area (Å²) in [6.07, 6.45) is 4.03. The Morgan fingerprint density at radius 1 is 0.786 bits per heavy atom. The molecular formula is C24H22ClN3. The van der Waals surface area contributed by atoms with Gasteiger partial charge in [0.2, 0.25) is 0 Å². The minimum Gasteiger partial charge on any atom is -0.302 e. The smallest absolute Gasteiger partial charge is 0.0659 e. The molecule has 3 nitrogen and oxygen atoms in total. The van der Waals surface area contributed by atoms with Crippen LogP contribution in [0.15, 0.2) is 97.3 Å². The molecule has 1 N–H and O–H groups in total. The van der Waals surface area contributed by atoms with E-state index in [1.54, 1.807) is 0 Å². The van der Waals surface area contributed by atoms with Crippen molar-refractivity contribution in [1.82, 2.24) is 15.1 Å². The molecule has 1 unspecified atom stereocenters. The van der Waals surface area contributed by atoms with E-state index >= 15 is 0 Å². The Hall–Kier alpha value is -2.88. The molecule has 140 valence electrons. The fourth-order valence-corrected chi connectivity index (χ4v) is 3.43. The van der Waals surface area contributed by atoms with Crippen LogP contribution in [0.4, 0.5) is 0 Å². The maximum absolute atomic E-state index is 6.07. The molecule has 3 aromatic carbocycles. The molecule has 4 rings (SSSR count). The minimum atomic E-state index is 0.0935. The normalized spacial score (nSPS) is 12.0. The molecule has 1 aromatic heterocycles. The molecule has 0 fully saturated rings. The third-order valence-corrected chi connectivity index (χ3v) is 4.97. The van der Waals surface area contributed by atoms with Crippen LogP contribution in [-0.4, -0.2) is 9.78 Å². The van der Waals surface area contributed by atoms with Crippen molar-refractivity contribution in [3.8, 4) is 0 Å². The summed E-state index contributed by atoms with van der Waals surface area (Å²) in [6, 6.07) is 28.9. The highest BCUT2D eigenvalue weighted by Crippen LogP contribution is 2.24. The maximum atomic E-state index is 6.07. The molecule has 4 aromatic rings. The van der Waals surface area contributed by atoms with Gasteiger partial charge in [-0.25, -0.2) is 0 Å². The van der Waals surface area contributed by atoms with Gasteiger partial charge >= 0.3 is 0 Å². The standard InChI is InChI=1S/C24H22ClN3/c25-23-13-11-22(12-14-23)24(21-9-5-2-6-10-21)26-15-20-16-27-28(18-20)17-19-7-3-1-4-8-19/h1-14,16,18,24,26H,15,17H2. The van der Waals surface area contributed by atoms with E-state index in [1.165, 1.54) is 16.7 Å². The lowest BCUT2D eigenvalue weighted by molar-refractivity contribution is 0.604. The monoisotopic (exact) mass is 387 g/mol. The first-order valence-electron chi connectivity index (χ1n) is 9.37. The highest BCUT2D eigenvalue weighted by molar-refractivity contribution is 6.30. The van der Waals surface area contributed by atoms with Crippen molar-refractivity contribution in [3.63, 3.8) is 0 Å². The number of nitrogens with one attached hydrogen (secondary N) is 1. The number of benzene rings is 3. The van der Waals surface area contributed by atoms with Crippen molar-refractivity contribution in [3.05, 3.63) is 125 Å². The van der Waals surface area contributed by atoms with Crippen LogP contribution in [0, 0.1) is 0 Å². The van der Waals surface area contributed by atoms with Crippen LogP contribution in [0.5, 0.6) is 0 Å². The zero-order chi connectivity index (χ0) is 19.2. The number of halogens is 1. The van der Waals surface area contributed by atoms with Crippen molar-refractivity contribution >= 4 is 11.6 Å². The highest BCUT2D eigenvalue weighted by Gasteiger charge is 2.14. The zero-order valence-electron chi connectivity index (χ0n) is 15.5. The third-order valence-electron chi connectivity index (χ3n) is 4.72. The fourth-order valence-electron chi connectivity index (χ4n) is 3.30. The molecule has 0 saturated carbocycles. The van der Waals surface area contributed by atoms with E-state index < -0.39 is 0 Å². The summed E-state index contributed by atoms with van der Waals surface area (Å²) in [5.74, 6) is 0. The molecule has 0 aliphatic heterocycles. The highest BCUT2D eigenvalue weighted by atomic mass is 35.5. The Kier molecular flexibility index (Phi) is 5.86. The summed E-state index contributed by atoms with van der Waals surface area (Å²) in [5, 5.41) is 8.92. The van der Waals surface area contributed by atoms with Crippen LogP contribution >= 0.6 is 11.6 Å². The van der Waals surface area contributed by atoms with Gasteiger partial charge in [-0.1, -0.05) is 84.4 Å². The van der Waals surface area contributed by atoms with Crippen molar-refractivity contribution in [2.75, 3.05) is 0 Å². The number of aromatic nitrogens is 2. The van der Waals surface area contributed by atoms with E-state index in [4.69, 9.17) is 11.6 Å². The van der Waals surface area contributed by atoms with Gasteiger partial charge in [0.05, 0.1) is 18.8 Å². The summed E-state index contributed by atoms with van der Waals surface area (Å²) in [5.41, 5.74) is 4.81. The molecule has 0 saturated heterocycles. The summed E-state index contributed by atoms with van der Waals surface area (Å²) >= 11 is 6.07. The van der Waals surface area contributed by atoms with Gasteiger partial charge in [0.15, 0.2) is 0 Å². The van der Waals surface area contributed by atoms with E-state index in [2.05, 4.69) is 77.3 Å². The number of nitrogens with zero attached hydrogens (tertiary/aromatic N) is 2. The van der Waals surface area contributed by atoms with Crippen molar-refractivity contribution < 1.29 is 0 Å². The average Bonchev–Trinajstić information content (AvgIpc) is 3.18. The molecule has 28 heavy (non-hydrogen) atoms. The predicted molar refractivity (Wildman–Crippen MR) is 114 cm³/mol. The van der Waals surface area contributed by atoms with Gasteiger partial charge in [-0.15, -0.1) is 0 Å². The second-order valence-corrected chi connectivity index (χ2v) is 7.24. The lowest BCUT2D eigenvalue weighted by Crippen LogP contribution is -2.21. The molecule has 0 spiro atoms. The van der Waals surface area contributed by atoms with Crippen LogP contribution in [0.25, 0.3) is 0 Å². The van der Waals surface area contributed by atoms with Gasteiger partial charge < -0.3 is 5.32 Å². The van der Waals surface area contributed by atoms with Crippen LogP contribution in [-0.2, 0) is 13.1 Å². The van der Waals surface area contributed by atoms with E-state index in [9.17, 15) is 0 Å². The van der Waals surface area contributed by atoms with Gasteiger partial charge in [-0.3, -0.25) is 4.68 Å². The summed E-state index contributed by atoms with van der Waals surface area (Å²) < 4.78 is 1.98. The van der Waals surface area contributed by atoms with Crippen LogP contribution in [0.1, 0.15) is 28.3 Å². The molecule has 0 bridgehead atoms. The van der Waals surface area contributed by atoms with Gasteiger partial charge in [-0.05, 0) is 28.8 Å². The van der Waals surface area contributed by atoms with Crippen LogP contribution in [0.3, 0.4) is 0 Å². The molecule has 1 atom stereocenters. The molecule has 4 heteroatoms. The first-order valence-corrected chi connectivity index (χ1v) is 9.75. The maximum Gasteiger partial charge on any atom is 0.0659 e. The summed E-state index contributed by atoms with van der Waals surface area (Å²) in [6.45, 7) is 1.51. The predicted octanol–water partition coefficient (Wildman–Crippen LogP) is 5.46. The van der Waals surface area contributed by atoms with E-state index in [-0.39, 0.29) is 6.04 Å². The Labute approximate surface area is 170 Å². The van der Waals surface area contributed by atoms with Crippen LogP contribution in [0.2, 0.25) is 5.02 Å². The Balaban J connectivity index is 1.48. The van der Waals surface area contributed by atoms with Gasteiger partial charge in [-0.2, -0.15) is 5.10 Å². The Bertz CT molecular complexity index is 995. The minimum absolute atomic E-state index is 0.0935. The fraction of sp³-hybridized carbons (Fsp3) is 0.125. The number of hydrogen-bond acceptors (Lipinski definition) is 2. The summed E-state index contributed by atoms with van der Waals surface area (Å²) in [4.78, 5) is 0. The first kappa shape index (κ1) is 18.5. The number of hydrogen-bond donors (Lipinski definition) is 1. The van der Waals surface area contributed by atoms with E-state index in [1.807, 2.05) is 35.1 Å². The van der Waals surface area contributed by atoms with E-state index in [0.29, 0.717) is 0 Å². The SMILES string of the molecule is Clc1ccc(C(NCc2cnn(Cc3ccccc3)c2)c2ccccc2)cc1. The van der Waals surface area contributed by atoms with Crippen molar-refractivity contribution in [2.24, 2.45) is 0 Å². The van der Waals surface area contributed by atoms with Gasteiger partial charge in [0, 0.05) is 23.3 Å². The van der Waals surface area contributed by atoms with E-state index in [0.717, 1.165) is 23.7 Å². The second-order valence-electron chi connectivity index (χ2n) is 6.81. The average molecular weight is 388 g/mol. The first-order chi connectivity index (χ1) is 13.8. The molecule has 1 heterocycles. The molecule has 0 amide bonds. The number of rotatable bonds is 7. The van der Waals surface area contributed by atoms with Gasteiger partial charge in [0.25, 0.3) is 0 Å². The molecule has 0 aliphatic carbocycles. The Morgan fingerprint density at radius 2 is 1.43 bits per heavy atom. The quantitative estimate of drug-likeness (QED) is 0.456. The topological polar surface area (TPSA) is 29.9 Å². The summed E-state index contributed by atoms with van der Waals surface area (Å²) in [7, 11) is 0. The largest absolute Gasteiger partial charge is 0.302 e. The zero-order valence-corrected chi connectivity index (χ0v) is 16.3. The lowest BCUT2D eigenvalue weighted by Gasteiger charge is -2.19. The molecule has 0 aliphatic rings. The molecule has 0 radical (unpaired) electrons. The Morgan fingerprint density at radius 3 is 2.14 bits per heavy atom. The molecular weight excluding hydrogens is 366 g/mol. The second kappa shape index (κ2) is 8.87. The van der Waals surface area contributed by atoms with Gasteiger partial charge in [0.1, 0.15) is 0 Å². The third kappa shape index (κ3) is 4.69.